The maximum absolute atomic E-state index is 12.9. The molecular weight excluding hydrogens is 439 g/mol. The molecule has 2 aromatic carbocycles. The first-order valence-corrected chi connectivity index (χ1v) is 8.63. The van der Waals surface area contributed by atoms with E-state index in [9.17, 15) is 38.2 Å². The van der Waals surface area contributed by atoms with Crippen LogP contribution in [0.1, 0.15) is 5.56 Å². The second kappa shape index (κ2) is 8.71. The molecule has 0 unspecified atom stereocenters. The van der Waals surface area contributed by atoms with Gasteiger partial charge in [-0.3, -0.25) is 14.9 Å². The number of ether oxygens (including phenoxy) is 1. The lowest BCUT2D eigenvalue weighted by molar-refractivity contribution is -0.389. The Bertz CT molecular complexity index is 1190. The quantitative estimate of drug-likeness (QED) is 0.420. The highest BCUT2D eigenvalue weighted by Gasteiger charge is 2.30. The van der Waals surface area contributed by atoms with Crippen molar-refractivity contribution in [3.05, 3.63) is 80.5 Å². The van der Waals surface area contributed by atoms with Crippen molar-refractivity contribution < 1.29 is 32.5 Å². The summed E-state index contributed by atoms with van der Waals surface area (Å²) >= 11 is 0. The van der Waals surface area contributed by atoms with Crippen LogP contribution < -0.4 is 10.1 Å². The van der Waals surface area contributed by atoms with Crippen molar-refractivity contribution in [3.63, 3.8) is 0 Å². The molecular formula is C18H12F3N5O6. The van der Waals surface area contributed by atoms with Gasteiger partial charge in [-0.1, -0.05) is 6.07 Å². The molecule has 0 fully saturated rings. The number of nitro benzene ring substituents is 1. The largest absolute Gasteiger partial charge is 0.457 e. The SMILES string of the molecule is O=C(Cn1ccc([N+](=O)[O-])n1)Nc1cc(Oc2cccc(C(F)(F)F)c2)cc([N+](=O)[O-])c1. The lowest BCUT2D eigenvalue weighted by atomic mass is 10.2. The molecule has 0 aliphatic rings. The van der Waals surface area contributed by atoms with Gasteiger partial charge in [0.15, 0.2) is 0 Å². The van der Waals surface area contributed by atoms with Crippen molar-refractivity contribution in [2.75, 3.05) is 5.32 Å². The fourth-order valence-electron chi connectivity index (χ4n) is 2.58. The molecule has 0 aliphatic heterocycles. The summed E-state index contributed by atoms with van der Waals surface area (Å²) in [5, 5.41) is 27.8. The number of carbonyl (C=O) groups is 1. The van der Waals surface area contributed by atoms with Crippen molar-refractivity contribution in [3.8, 4) is 11.5 Å². The summed E-state index contributed by atoms with van der Waals surface area (Å²) in [5.41, 5.74) is -1.53. The topological polar surface area (TPSA) is 142 Å². The average Bonchev–Trinajstić information content (AvgIpc) is 3.16. The first kappa shape index (κ1) is 22.2. The number of aromatic nitrogens is 2. The van der Waals surface area contributed by atoms with E-state index in [0.29, 0.717) is 0 Å². The van der Waals surface area contributed by atoms with Crippen LogP contribution in [0.4, 0.5) is 30.4 Å². The van der Waals surface area contributed by atoms with Gasteiger partial charge in [0.25, 0.3) is 5.69 Å². The van der Waals surface area contributed by atoms with Crippen molar-refractivity contribution in [1.82, 2.24) is 9.78 Å². The molecule has 0 aliphatic carbocycles. The van der Waals surface area contributed by atoms with Gasteiger partial charge in [-0.25, -0.2) is 0 Å². The Kier molecular flexibility index (Phi) is 6.04. The molecule has 1 N–H and O–H groups in total. The number of nitrogens with one attached hydrogen (secondary N) is 1. The number of hydrogen-bond donors (Lipinski definition) is 1. The predicted octanol–water partition coefficient (Wildman–Crippen LogP) is 4.15. The van der Waals surface area contributed by atoms with Gasteiger partial charge in [-0.2, -0.15) is 17.9 Å². The molecule has 1 amide bonds. The second-order valence-corrected chi connectivity index (χ2v) is 6.28. The number of alkyl halides is 3. The third kappa shape index (κ3) is 5.56. The van der Waals surface area contributed by atoms with E-state index in [-0.39, 0.29) is 17.2 Å². The lowest BCUT2D eigenvalue weighted by Gasteiger charge is -2.11. The van der Waals surface area contributed by atoms with Gasteiger partial charge in [-0.15, -0.1) is 0 Å². The minimum Gasteiger partial charge on any atom is -0.457 e. The van der Waals surface area contributed by atoms with Gasteiger partial charge >= 0.3 is 12.0 Å². The number of carbonyl (C=O) groups excluding carboxylic acids is 1. The van der Waals surface area contributed by atoms with E-state index in [2.05, 4.69) is 10.4 Å². The minimum absolute atomic E-state index is 0.0761. The maximum Gasteiger partial charge on any atom is 0.416 e. The van der Waals surface area contributed by atoms with E-state index >= 15 is 0 Å². The molecule has 1 aromatic heterocycles. The van der Waals surface area contributed by atoms with Crippen molar-refractivity contribution >= 4 is 23.1 Å². The highest BCUT2D eigenvalue weighted by molar-refractivity contribution is 5.91. The van der Waals surface area contributed by atoms with Gasteiger partial charge in [0.2, 0.25) is 5.91 Å². The normalized spacial score (nSPS) is 11.1. The van der Waals surface area contributed by atoms with Crippen LogP contribution in [-0.4, -0.2) is 25.5 Å². The Morgan fingerprint density at radius 1 is 1.06 bits per heavy atom. The van der Waals surface area contributed by atoms with Gasteiger partial charge in [0.05, 0.1) is 39.6 Å². The highest BCUT2D eigenvalue weighted by atomic mass is 19.4. The summed E-state index contributed by atoms with van der Waals surface area (Å²) in [6.45, 7) is -0.430. The highest BCUT2D eigenvalue weighted by Crippen LogP contribution is 2.34. The third-order valence-corrected chi connectivity index (χ3v) is 3.90. The molecule has 32 heavy (non-hydrogen) atoms. The van der Waals surface area contributed by atoms with Gasteiger partial charge < -0.3 is 20.2 Å². The summed E-state index contributed by atoms with van der Waals surface area (Å²) < 4.78 is 44.9. The summed E-state index contributed by atoms with van der Waals surface area (Å²) in [6.07, 6.45) is -3.41. The Labute approximate surface area is 176 Å². The zero-order valence-electron chi connectivity index (χ0n) is 15.8. The van der Waals surface area contributed by atoms with Crippen LogP contribution in [0, 0.1) is 20.2 Å². The van der Waals surface area contributed by atoms with Gasteiger partial charge in [-0.05, 0) is 23.1 Å². The number of amides is 1. The predicted molar refractivity (Wildman–Crippen MR) is 102 cm³/mol. The first-order valence-electron chi connectivity index (χ1n) is 8.63. The van der Waals surface area contributed by atoms with E-state index in [1.165, 1.54) is 18.3 Å². The molecule has 11 nitrogen and oxygen atoms in total. The zero-order chi connectivity index (χ0) is 23.5. The molecule has 0 saturated heterocycles. The first-order chi connectivity index (χ1) is 15.0. The van der Waals surface area contributed by atoms with Crippen LogP contribution in [0.3, 0.4) is 0 Å². The summed E-state index contributed by atoms with van der Waals surface area (Å²) in [4.78, 5) is 32.5. The lowest BCUT2D eigenvalue weighted by Crippen LogP contribution is -2.19. The molecule has 0 atom stereocenters. The number of benzene rings is 2. The third-order valence-electron chi connectivity index (χ3n) is 3.90. The Hall–Kier alpha value is -4.49. The standard InChI is InChI=1S/C18H12F3N5O6/c19-18(20,21)11-2-1-3-14(6-11)32-15-8-12(7-13(9-15)25(28)29)22-17(27)10-24-5-4-16(23-24)26(30)31/h1-9H,10H2,(H,22,27). The molecule has 14 heteroatoms. The number of nitro groups is 2. The fourth-order valence-corrected chi connectivity index (χ4v) is 2.58. The molecule has 3 aromatic rings. The van der Waals surface area contributed by atoms with E-state index in [1.54, 1.807) is 0 Å². The number of non-ortho nitro benzene ring substituents is 1. The number of halogens is 3. The summed E-state index contributed by atoms with van der Waals surface area (Å²) in [5.74, 6) is -1.59. The van der Waals surface area contributed by atoms with E-state index in [4.69, 9.17) is 4.74 Å². The zero-order valence-corrected chi connectivity index (χ0v) is 15.8. The van der Waals surface area contributed by atoms with Crippen LogP contribution in [0.5, 0.6) is 11.5 Å². The van der Waals surface area contributed by atoms with Crippen molar-refractivity contribution in [1.29, 1.82) is 0 Å². The Morgan fingerprint density at radius 2 is 1.81 bits per heavy atom. The minimum atomic E-state index is -4.61. The van der Waals surface area contributed by atoms with Crippen LogP contribution >= 0.6 is 0 Å². The molecule has 0 saturated carbocycles. The molecule has 1 heterocycles. The number of rotatable bonds is 7. The monoisotopic (exact) mass is 451 g/mol. The van der Waals surface area contributed by atoms with Crippen LogP contribution in [0.15, 0.2) is 54.7 Å². The Balaban J connectivity index is 1.80. The number of anilines is 1. The molecule has 166 valence electrons. The molecule has 0 radical (unpaired) electrons. The second-order valence-electron chi connectivity index (χ2n) is 6.28. The smallest absolute Gasteiger partial charge is 0.416 e. The number of nitrogens with zero attached hydrogens (tertiary/aromatic N) is 4. The molecule has 3 rings (SSSR count). The van der Waals surface area contributed by atoms with Crippen LogP contribution in [0.2, 0.25) is 0 Å². The maximum atomic E-state index is 12.9. The molecule has 0 bridgehead atoms. The van der Waals surface area contributed by atoms with E-state index in [0.717, 1.165) is 41.1 Å². The average molecular weight is 451 g/mol. The van der Waals surface area contributed by atoms with Gasteiger partial charge in [0.1, 0.15) is 18.0 Å². The summed E-state index contributed by atoms with van der Waals surface area (Å²) in [7, 11) is 0. The van der Waals surface area contributed by atoms with E-state index < -0.39 is 45.5 Å². The van der Waals surface area contributed by atoms with Crippen LogP contribution in [0.25, 0.3) is 0 Å². The van der Waals surface area contributed by atoms with Crippen molar-refractivity contribution in [2.24, 2.45) is 0 Å². The molecule has 0 spiro atoms. The van der Waals surface area contributed by atoms with Crippen LogP contribution in [-0.2, 0) is 17.5 Å². The fraction of sp³-hybridized carbons (Fsp3) is 0.111. The van der Waals surface area contributed by atoms with Gasteiger partial charge in [0, 0.05) is 12.1 Å². The van der Waals surface area contributed by atoms with E-state index in [1.807, 2.05) is 0 Å². The van der Waals surface area contributed by atoms with Crippen molar-refractivity contribution in [2.45, 2.75) is 12.7 Å². The number of hydrogen-bond acceptors (Lipinski definition) is 7. The summed E-state index contributed by atoms with van der Waals surface area (Å²) in [6, 6.07) is 8.17. The Morgan fingerprint density at radius 3 is 2.44 bits per heavy atom.